The monoisotopic (exact) mass is 446 g/mol. The van der Waals surface area contributed by atoms with Crippen molar-refractivity contribution < 1.29 is 22.7 Å². The number of ketones is 1. The van der Waals surface area contributed by atoms with Gasteiger partial charge in [0, 0.05) is 36.6 Å². The number of hydrogen-bond donors (Lipinski definition) is 0. The van der Waals surface area contributed by atoms with Crippen LogP contribution in [-0.2, 0) is 21.3 Å². The van der Waals surface area contributed by atoms with E-state index in [1.165, 1.54) is 28.6 Å². The van der Waals surface area contributed by atoms with Crippen LogP contribution in [0.25, 0.3) is 0 Å². The van der Waals surface area contributed by atoms with Crippen molar-refractivity contribution in [3.8, 4) is 0 Å². The molecule has 0 amide bonds. The molecule has 0 unspecified atom stereocenters. The van der Waals surface area contributed by atoms with Gasteiger partial charge in [0.1, 0.15) is 0 Å². The van der Waals surface area contributed by atoms with Crippen molar-refractivity contribution in [1.82, 2.24) is 8.87 Å². The SMILES string of the molecule is CCCn1c(C)cc(C(=O)COC(=O)c2cccc(S(=O)(=O)N3CCCCC3)c2)c1C. The van der Waals surface area contributed by atoms with Gasteiger partial charge < -0.3 is 9.30 Å². The van der Waals surface area contributed by atoms with Crippen molar-refractivity contribution in [3.05, 3.63) is 52.8 Å². The minimum Gasteiger partial charge on any atom is -0.454 e. The number of Topliss-reactive ketones (excluding diaryl/α,β-unsaturated/α-hetero) is 1. The number of carbonyl (C=O) groups excluding carboxylic acids is 2. The summed E-state index contributed by atoms with van der Waals surface area (Å²) in [5.41, 5.74) is 2.50. The quantitative estimate of drug-likeness (QED) is 0.456. The van der Waals surface area contributed by atoms with Crippen LogP contribution in [0.2, 0.25) is 0 Å². The summed E-state index contributed by atoms with van der Waals surface area (Å²) >= 11 is 0. The normalized spacial score (nSPS) is 15.1. The van der Waals surface area contributed by atoms with E-state index in [2.05, 4.69) is 11.5 Å². The number of ether oxygens (including phenoxy) is 1. The number of nitrogens with zero attached hydrogens (tertiary/aromatic N) is 2. The van der Waals surface area contributed by atoms with E-state index in [-0.39, 0.29) is 16.2 Å². The van der Waals surface area contributed by atoms with Crippen LogP contribution in [-0.4, -0.2) is 48.7 Å². The fraction of sp³-hybridized carbons (Fsp3) is 0.478. The largest absolute Gasteiger partial charge is 0.454 e. The molecule has 3 rings (SSSR count). The van der Waals surface area contributed by atoms with Crippen molar-refractivity contribution in [2.24, 2.45) is 0 Å². The molecule has 1 aromatic carbocycles. The molecular weight excluding hydrogens is 416 g/mol. The highest BCUT2D eigenvalue weighted by molar-refractivity contribution is 7.89. The van der Waals surface area contributed by atoms with Crippen LogP contribution in [0.4, 0.5) is 0 Å². The lowest BCUT2D eigenvalue weighted by Gasteiger charge is -2.25. The molecule has 1 saturated heterocycles. The zero-order valence-electron chi connectivity index (χ0n) is 18.4. The zero-order valence-corrected chi connectivity index (χ0v) is 19.2. The van der Waals surface area contributed by atoms with Crippen LogP contribution in [0, 0.1) is 13.8 Å². The van der Waals surface area contributed by atoms with Crippen molar-refractivity contribution in [1.29, 1.82) is 0 Å². The molecule has 0 saturated carbocycles. The van der Waals surface area contributed by atoms with Gasteiger partial charge in [-0.05, 0) is 57.4 Å². The maximum Gasteiger partial charge on any atom is 0.338 e. The first-order valence-electron chi connectivity index (χ1n) is 10.7. The van der Waals surface area contributed by atoms with E-state index in [1.807, 2.05) is 19.9 Å². The van der Waals surface area contributed by atoms with Crippen molar-refractivity contribution in [2.45, 2.75) is 57.9 Å². The first-order valence-corrected chi connectivity index (χ1v) is 12.2. The molecule has 0 atom stereocenters. The summed E-state index contributed by atoms with van der Waals surface area (Å²) in [7, 11) is -3.65. The third-order valence-electron chi connectivity index (χ3n) is 5.68. The second-order valence-corrected chi connectivity index (χ2v) is 9.87. The minimum atomic E-state index is -3.65. The number of aromatic nitrogens is 1. The third kappa shape index (κ3) is 5.07. The molecule has 0 bridgehead atoms. The van der Waals surface area contributed by atoms with E-state index >= 15 is 0 Å². The Kier molecular flexibility index (Phi) is 7.33. The first-order chi connectivity index (χ1) is 14.8. The van der Waals surface area contributed by atoms with Crippen molar-refractivity contribution in [3.63, 3.8) is 0 Å². The highest BCUT2D eigenvalue weighted by Gasteiger charge is 2.27. The van der Waals surface area contributed by atoms with E-state index in [4.69, 9.17) is 4.74 Å². The molecule has 0 aliphatic carbocycles. The van der Waals surface area contributed by atoms with Gasteiger partial charge in [-0.3, -0.25) is 4.79 Å². The lowest BCUT2D eigenvalue weighted by molar-refractivity contribution is 0.0474. The average Bonchev–Trinajstić information content (AvgIpc) is 3.06. The Morgan fingerprint density at radius 1 is 1.06 bits per heavy atom. The Balaban J connectivity index is 1.69. The van der Waals surface area contributed by atoms with E-state index in [9.17, 15) is 18.0 Å². The van der Waals surface area contributed by atoms with Gasteiger partial charge in [-0.1, -0.05) is 19.4 Å². The highest BCUT2D eigenvalue weighted by atomic mass is 32.2. The molecule has 0 N–H and O–H groups in total. The fourth-order valence-electron chi connectivity index (χ4n) is 3.98. The fourth-order valence-corrected chi connectivity index (χ4v) is 5.54. The molecule has 31 heavy (non-hydrogen) atoms. The second kappa shape index (κ2) is 9.78. The lowest BCUT2D eigenvalue weighted by atomic mass is 10.1. The van der Waals surface area contributed by atoms with Gasteiger partial charge in [-0.15, -0.1) is 0 Å². The number of benzene rings is 1. The number of piperidine rings is 1. The molecule has 7 nitrogen and oxygen atoms in total. The molecule has 2 heterocycles. The van der Waals surface area contributed by atoms with Gasteiger partial charge in [-0.25, -0.2) is 13.2 Å². The second-order valence-electron chi connectivity index (χ2n) is 7.93. The summed E-state index contributed by atoms with van der Waals surface area (Å²) in [4.78, 5) is 25.2. The van der Waals surface area contributed by atoms with Crippen LogP contribution in [0.5, 0.6) is 0 Å². The predicted octanol–water partition coefficient (Wildman–Crippen LogP) is 3.73. The van der Waals surface area contributed by atoms with E-state index in [0.717, 1.165) is 43.6 Å². The molecule has 0 radical (unpaired) electrons. The van der Waals surface area contributed by atoms with E-state index < -0.39 is 22.6 Å². The Hall–Kier alpha value is -2.45. The Morgan fingerprint density at radius 2 is 1.77 bits per heavy atom. The minimum absolute atomic E-state index is 0.0679. The topological polar surface area (TPSA) is 85.7 Å². The molecule has 8 heteroatoms. The van der Waals surface area contributed by atoms with Crippen LogP contribution < -0.4 is 0 Å². The standard InChI is InChI=1S/C23H30N2O5S/c1-4-11-25-17(2)14-21(18(25)3)22(26)16-30-23(27)19-9-8-10-20(15-19)31(28,29)24-12-6-5-7-13-24/h8-10,14-15H,4-7,11-13,16H2,1-3H3. The number of esters is 1. The summed E-state index contributed by atoms with van der Waals surface area (Å²) in [5, 5.41) is 0. The highest BCUT2D eigenvalue weighted by Crippen LogP contribution is 2.22. The number of sulfonamides is 1. The number of hydrogen-bond acceptors (Lipinski definition) is 5. The summed E-state index contributed by atoms with van der Waals surface area (Å²) in [6.07, 6.45) is 3.65. The van der Waals surface area contributed by atoms with E-state index in [1.54, 1.807) is 0 Å². The summed E-state index contributed by atoms with van der Waals surface area (Å²) in [6.45, 7) is 7.30. The Bertz CT molecular complexity index is 1070. The predicted molar refractivity (Wildman–Crippen MR) is 118 cm³/mol. The van der Waals surface area contributed by atoms with Gasteiger partial charge in [0.15, 0.2) is 6.61 Å². The maximum absolute atomic E-state index is 12.9. The number of rotatable bonds is 8. The number of carbonyl (C=O) groups is 2. The lowest BCUT2D eigenvalue weighted by Crippen LogP contribution is -2.35. The van der Waals surface area contributed by atoms with Crippen LogP contribution >= 0.6 is 0 Å². The van der Waals surface area contributed by atoms with Gasteiger partial charge in [-0.2, -0.15) is 4.31 Å². The summed E-state index contributed by atoms with van der Waals surface area (Å²) in [6, 6.07) is 7.63. The third-order valence-corrected chi connectivity index (χ3v) is 7.57. The molecule has 1 aliphatic heterocycles. The van der Waals surface area contributed by atoms with Crippen molar-refractivity contribution in [2.75, 3.05) is 19.7 Å². The smallest absolute Gasteiger partial charge is 0.338 e. The summed E-state index contributed by atoms with van der Waals surface area (Å²) in [5.74, 6) is -0.993. The van der Waals surface area contributed by atoms with Crippen LogP contribution in [0.3, 0.4) is 0 Å². The van der Waals surface area contributed by atoms with Gasteiger partial charge >= 0.3 is 5.97 Å². The molecule has 168 valence electrons. The van der Waals surface area contributed by atoms with E-state index in [0.29, 0.717) is 18.7 Å². The van der Waals surface area contributed by atoms with Gasteiger partial charge in [0.2, 0.25) is 15.8 Å². The van der Waals surface area contributed by atoms with Crippen LogP contribution in [0.15, 0.2) is 35.2 Å². The molecule has 1 fully saturated rings. The van der Waals surface area contributed by atoms with Gasteiger partial charge in [0.25, 0.3) is 0 Å². The Labute approximate surface area is 184 Å². The molecule has 0 spiro atoms. The first kappa shape index (κ1) is 23.2. The van der Waals surface area contributed by atoms with Crippen molar-refractivity contribution >= 4 is 21.8 Å². The average molecular weight is 447 g/mol. The zero-order chi connectivity index (χ0) is 22.6. The Morgan fingerprint density at radius 3 is 2.45 bits per heavy atom. The molecule has 1 aromatic heterocycles. The van der Waals surface area contributed by atoms with Crippen LogP contribution in [0.1, 0.15) is 64.7 Å². The van der Waals surface area contributed by atoms with Gasteiger partial charge in [0.05, 0.1) is 10.5 Å². The number of aryl methyl sites for hydroxylation is 1. The molecule has 2 aromatic rings. The molecular formula is C23H30N2O5S. The molecule has 1 aliphatic rings. The maximum atomic E-state index is 12.9. The summed E-state index contributed by atoms with van der Waals surface area (Å²) < 4.78 is 34.5.